The minimum absolute atomic E-state index is 0.146. The summed E-state index contributed by atoms with van der Waals surface area (Å²) in [6, 6.07) is 6.39. The molecule has 18 heavy (non-hydrogen) atoms. The number of rotatable bonds is 4. The minimum atomic E-state index is -0.312. The Morgan fingerprint density at radius 2 is 2.33 bits per heavy atom. The normalized spacial score (nSPS) is 17.8. The third-order valence-corrected chi connectivity index (χ3v) is 2.87. The molecule has 2 heterocycles. The van der Waals surface area contributed by atoms with Gasteiger partial charge < -0.3 is 9.47 Å². The van der Waals surface area contributed by atoms with Crippen molar-refractivity contribution in [3.8, 4) is 17.0 Å². The van der Waals surface area contributed by atoms with Gasteiger partial charge >= 0.3 is 0 Å². The van der Waals surface area contributed by atoms with Gasteiger partial charge in [-0.2, -0.15) is 5.10 Å². The van der Waals surface area contributed by atoms with Crippen molar-refractivity contribution in [1.29, 1.82) is 0 Å². The summed E-state index contributed by atoms with van der Waals surface area (Å²) in [6.45, 7) is 1.17. The van der Waals surface area contributed by atoms with Gasteiger partial charge in [-0.05, 0) is 18.2 Å². The van der Waals surface area contributed by atoms with E-state index in [2.05, 4.69) is 5.10 Å². The lowest BCUT2D eigenvalue weighted by Crippen LogP contribution is -2.06. The molecule has 0 bridgehead atoms. The lowest BCUT2D eigenvalue weighted by atomic mass is 10.1. The molecule has 1 saturated heterocycles. The molecule has 1 aromatic carbocycles. The number of benzene rings is 1. The molecule has 5 heteroatoms. The molecule has 2 aromatic rings. The second-order valence-electron chi connectivity index (χ2n) is 4.25. The highest BCUT2D eigenvalue weighted by molar-refractivity contribution is 5.67. The highest BCUT2D eigenvalue weighted by Crippen LogP contribution is 2.30. The van der Waals surface area contributed by atoms with E-state index < -0.39 is 0 Å². The van der Waals surface area contributed by atoms with Crippen molar-refractivity contribution in [3.05, 3.63) is 36.3 Å². The van der Waals surface area contributed by atoms with Crippen molar-refractivity contribution in [2.75, 3.05) is 13.2 Å². The fraction of sp³-hybridized carbons (Fsp3) is 0.308. The molecule has 1 aromatic heterocycles. The first kappa shape index (κ1) is 11.2. The molecule has 0 spiro atoms. The molecular weight excluding hydrogens is 235 g/mol. The third kappa shape index (κ3) is 2.22. The molecular formula is C13H13FN2O2. The molecule has 1 aliphatic rings. The number of aromatic nitrogens is 2. The van der Waals surface area contributed by atoms with Gasteiger partial charge in [-0.25, -0.2) is 4.39 Å². The summed E-state index contributed by atoms with van der Waals surface area (Å²) in [6.07, 6.45) is 1.85. The summed E-state index contributed by atoms with van der Waals surface area (Å²) in [4.78, 5) is 0. The molecule has 1 unspecified atom stereocenters. The smallest absolute Gasteiger partial charge is 0.131 e. The molecule has 0 radical (unpaired) electrons. The predicted octanol–water partition coefficient (Wildman–Crippen LogP) is 2.00. The summed E-state index contributed by atoms with van der Waals surface area (Å²) < 4.78 is 25.7. The Morgan fingerprint density at radius 1 is 1.50 bits per heavy atom. The highest BCUT2D eigenvalue weighted by atomic mass is 19.1. The van der Waals surface area contributed by atoms with Crippen molar-refractivity contribution in [2.45, 2.75) is 6.10 Å². The molecule has 3 rings (SSSR count). The van der Waals surface area contributed by atoms with Gasteiger partial charge in [0.05, 0.1) is 12.3 Å². The summed E-state index contributed by atoms with van der Waals surface area (Å²) >= 11 is 0. The maximum atomic E-state index is 13.3. The van der Waals surface area contributed by atoms with Crippen LogP contribution in [0.25, 0.3) is 11.3 Å². The first-order chi connectivity index (χ1) is 8.74. The second kappa shape index (κ2) is 4.42. The number of ether oxygens (including phenoxy) is 2. The predicted molar refractivity (Wildman–Crippen MR) is 63.8 cm³/mol. The van der Waals surface area contributed by atoms with E-state index in [1.54, 1.807) is 16.9 Å². The van der Waals surface area contributed by atoms with E-state index in [4.69, 9.17) is 9.47 Å². The van der Waals surface area contributed by atoms with Crippen LogP contribution in [-0.2, 0) is 11.8 Å². The van der Waals surface area contributed by atoms with Gasteiger partial charge in [-0.15, -0.1) is 0 Å². The lowest BCUT2D eigenvalue weighted by molar-refractivity contribution is 0.263. The van der Waals surface area contributed by atoms with Crippen LogP contribution in [0.3, 0.4) is 0 Å². The standard InChI is InChI=1S/C13H13FN2O2/c1-16-12(4-5-15-16)11-3-2-9(14)6-13(11)18-8-10-7-17-10/h2-6,10H,7-8H2,1H3. The van der Waals surface area contributed by atoms with E-state index in [1.165, 1.54) is 12.1 Å². The number of epoxide rings is 1. The van der Waals surface area contributed by atoms with E-state index in [0.717, 1.165) is 17.9 Å². The average Bonchev–Trinajstić information content (AvgIpc) is 3.09. The molecule has 0 amide bonds. The Balaban J connectivity index is 1.94. The minimum Gasteiger partial charge on any atom is -0.490 e. The summed E-state index contributed by atoms with van der Waals surface area (Å²) in [5.41, 5.74) is 1.72. The Labute approximate surface area is 104 Å². The lowest BCUT2D eigenvalue weighted by Gasteiger charge is -2.11. The number of nitrogens with zero attached hydrogens (tertiary/aromatic N) is 2. The molecule has 1 fully saturated rings. The van der Waals surface area contributed by atoms with Crippen LogP contribution in [0.2, 0.25) is 0 Å². The molecule has 0 saturated carbocycles. The van der Waals surface area contributed by atoms with E-state index in [0.29, 0.717) is 12.4 Å². The second-order valence-corrected chi connectivity index (χ2v) is 4.25. The van der Waals surface area contributed by atoms with Gasteiger partial charge in [-0.1, -0.05) is 0 Å². The summed E-state index contributed by atoms with van der Waals surface area (Å²) in [5.74, 6) is 0.210. The maximum absolute atomic E-state index is 13.3. The summed E-state index contributed by atoms with van der Waals surface area (Å²) in [7, 11) is 1.84. The van der Waals surface area contributed by atoms with Crippen molar-refractivity contribution >= 4 is 0 Å². The zero-order valence-corrected chi connectivity index (χ0v) is 9.97. The van der Waals surface area contributed by atoms with Gasteiger partial charge in [0.1, 0.15) is 24.3 Å². The zero-order valence-electron chi connectivity index (χ0n) is 9.97. The molecule has 4 nitrogen and oxygen atoms in total. The SMILES string of the molecule is Cn1nccc1-c1ccc(F)cc1OCC1CO1. The van der Waals surface area contributed by atoms with E-state index in [9.17, 15) is 4.39 Å². The van der Waals surface area contributed by atoms with Crippen LogP contribution in [0.1, 0.15) is 0 Å². The van der Waals surface area contributed by atoms with Crippen molar-refractivity contribution in [3.63, 3.8) is 0 Å². The van der Waals surface area contributed by atoms with E-state index in [1.807, 2.05) is 13.1 Å². The third-order valence-electron chi connectivity index (χ3n) is 2.87. The Bertz CT molecular complexity index is 564. The largest absolute Gasteiger partial charge is 0.490 e. The zero-order chi connectivity index (χ0) is 12.5. The van der Waals surface area contributed by atoms with Crippen LogP contribution < -0.4 is 4.74 Å². The van der Waals surface area contributed by atoms with Gasteiger partial charge in [0.15, 0.2) is 0 Å². The van der Waals surface area contributed by atoms with Crippen molar-refractivity contribution in [2.24, 2.45) is 7.05 Å². The average molecular weight is 248 g/mol. The first-order valence-electron chi connectivity index (χ1n) is 5.76. The van der Waals surface area contributed by atoms with Gasteiger partial charge in [0, 0.05) is 24.9 Å². The number of hydrogen-bond donors (Lipinski definition) is 0. The number of aryl methyl sites for hydroxylation is 1. The van der Waals surface area contributed by atoms with Crippen LogP contribution >= 0.6 is 0 Å². The van der Waals surface area contributed by atoms with Crippen molar-refractivity contribution < 1.29 is 13.9 Å². The van der Waals surface area contributed by atoms with Crippen LogP contribution in [0.4, 0.5) is 4.39 Å². The Kier molecular flexibility index (Phi) is 2.76. The quantitative estimate of drug-likeness (QED) is 0.777. The maximum Gasteiger partial charge on any atom is 0.131 e. The fourth-order valence-corrected chi connectivity index (χ4v) is 1.81. The number of halogens is 1. The van der Waals surface area contributed by atoms with Crippen molar-refractivity contribution in [1.82, 2.24) is 9.78 Å². The first-order valence-corrected chi connectivity index (χ1v) is 5.76. The van der Waals surface area contributed by atoms with Gasteiger partial charge in [-0.3, -0.25) is 4.68 Å². The molecule has 94 valence electrons. The van der Waals surface area contributed by atoms with Gasteiger partial charge in [0.25, 0.3) is 0 Å². The monoisotopic (exact) mass is 248 g/mol. The van der Waals surface area contributed by atoms with Crippen LogP contribution in [0, 0.1) is 5.82 Å². The van der Waals surface area contributed by atoms with Crippen LogP contribution in [0.15, 0.2) is 30.5 Å². The molecule has 0 aliphatic carbocycles. The van der Waals surface area contributed by atoms with Crippen LogP contribution in [-0.4, -0.2) is 29.1 Å². The Morgan fingerprint density at radius 3 is 3.00 bits per heavy atom. The van der Waals surface area contributed by atoms with Gasteiger partial charge in [0.2, 0.25) is 0 Å². The Hall–Kier alpha value is -1.88. The van der Waals surface area contributed by atoms with Crippen LogP contribution in [0.5, 0.6) is 5.75 Å². The number of hydrogen-bond acceptors (Lipinski definition) is 3. The summed E-state index contributed by atoms with van der Waals surface area (Å²) in [5, 5.41) is 4.11. The highest BCUT2D eigenvalue weighted by Gasteiger charge is 2.24. The topological polar surface area (TPSA) is 39.6 Å². The molecule has 0 N–H and O–H groups in total. The molecule has 1 aliphatic heterocycles. The fourth-order valence-electron chi connectivity index (χ4n) is 1.81. The molecule has 1 atom stereocenters. The van der Waals surface area contributed by atoms with E-state index >= 15 is 0 Å². The van der Waals surface area contributed by atoms with E-state index in [-0.39, 0.29) is 11.9 Å².